The Hall–Kier alpha value is -0.454. The summed E-state index contributed by atoms with van der Waals surface area (Å²) >= 11 is 5.44. The quantitative estimate of drug-likeness (QED) is 0.658. The number of halogens is 1. The molecule has 5 heteroatoms. The molecular weight excluding hydrogens is 192 g/mol. The largest absolute Gasteiger partial charge is 0.505 e. The van der Waals surface area contributed by atoms with E-state index < -0.39 is 5.97 Å². The van der Waals surface area contributed by atoms with Gasteiger partial charge in [-0.05, 0) is 12.1 Å². The first-order chi connectivity index (χ1) is 5.13. The summed E-state index contributed by atoms with van der Waals surface area (Å²) in [4.78, 5) is 10.4. The average Bonchev–Trinajstić information content (AvgIpc) is 1.94. The van der Waals surface area contributed by atoms with Crippen LogP contribution in [0.1, 0.15) is 10.4 Å². The van der Waals surface area contributed by atoms with Crippen molar-refractivity contribution in [3.63, 3.8) is 0 Å². The highest BCUT2D eigenvalue weighted by Gasteiger charge is 2.10. The highest BCUT2D eigenvalue weighted by Crippen LogP contribution is 2.26. The summed E-state index contributed by atoms with van der Waals surface area (Å²) in [5, 5.41) is 17.6. The number of carboxylic acids is 1. The maximum atomic E-state index is 10.4. The predicted molar refractivity (Wildman–Crippen MR) is 48.6 cm³/mol. The molecule has 0 aromatic heterocycles. The van der Waals surface area contributed by atoms with Gasteiger partial charge in [0.2, 0.25) is 0 Å². The van der Waals surface area contributed by atoms with Crippen LogP contribution < -0.4 is 0 Å². The first-order valence-corrected chi connectivity index (χ1v) is 3.21. The fourth-order valence-corrected chi connectivity index (χ4v) is 0.862. The molecule has 0 radical (unpaired) electrons. The van der Waals surface area contributed by atoms with Gasteiger partial charge in [-0.1, -0.05) is 17.7 Å². The number of carboxylic acid groups (broad SMARTS) is 1. The molecule has 0 amide bonds. The number of phenols is 1. The maximum absolute atomic E-state index is 10.4. The molecule has 0 bridgehead atoms. The fraction of sp³-hybridized carbons (Fsp3) is 0. The smallest absolute Gasteiger partial charge is 0.339 e. The van der Waals surface area contributed by atoms with Crippen molar-refractivity contribution in [3.8, 4) is 5.75 Å². The number of aromatic carboxylic acids is 1. The van der Waals surface area contributed by atoms with Crippen LogP contribution in [0.5, 0.6) is 5.75 Å². The van der Waals surface area contributed by atoms with E-state index in [0.717, 1.165) is 0 Å². The van der Waals surface area contributed by atoms with Crippen LogP contribution in [-0.4, -0.2) is 39.2 Å². The first kappa shape index (κ1) is 11.5. The Morgan fingerprint density at radius 3 is 2.42 bits per heavy atom. The Morgan fingerprint density at radius 1 is 1.42 bits per heavy atom. The molecule has 0 saturated heterocycles. The minimum atomic E-state index is -1.19. The molecule has 1 rings (SSSR count). The number of para-hydroxylation sites is 1. The van der Waals surface area contributed by atoms with E-state index in [1.807, 2.05) is 0 Å². The van der Waals surface area contributed by atoms with E-state index in [4.69, 9.17) is 21.8 Å². The number of rotatable bonds is 1. The molecule has 0 saturated carbocycles. The average molecular weight is 199 g/mol. The van der Waals surface area contributed by atoms with E-state index >= 15 is 0 Å². The van der Waals surface area contributed by atoms with Crippen LogP contribution in [-0.2, 0) is 0 Å². The van der Waals surface area contributed by atoms with Crippen LogP contribution >= 0.6 is 11.6 Å². The molecule has 0 spiro atoms. The number of carbonyl (C=O) groups is 1. The van der Waals surface area contributed by atoms with Crippen LogP contribution in [0.2, 0.25) is 5.02 Å². The van der Waals surface area contributed by atoms with Gasteiger partial charge >= 0.3 is 29.0 Å². The standard InChI is InChI=1S/C7H5ClO3.Mg.2H/c8-5-3-1-2-4(6(5)9)7(10)11;;;/h1-3,9H,(H,10,11);;;. The van der Waals surface area contributed by atoms with Gasteiger partial charge in [0, 0.05) is 0 Å². The zero-order chi connectivity index (χ0) is 8.43. The number of benzene rings is 1. The third-order valence-corrected chi connectivity index (χ3v) is 1.52. The third kappa shape index (κ3) is 2.26. The number of hydrogen-bond donors (Lipinski definition) is 2. The highest BCUT2D eigenvalue weighted by molar-refractivity contribution is 6.32. The first-order valence-electron chi connectivity index (χ1n) is 2.83. The summed E-state index contributed by atoms with van der Waals surface area (Å²) < 4.78 is 0. The molecule has 0 atom stereocenters. The van der Waals surface area contributed by atoms with Crippen molar-refractivity contribution < 1.29 is 15.0 Å². The summed E-state index contributed by atoms with van der Waals surface area (Å²) in [6, 6.07) is 4.17. The van der Waals surface area contributed by atoms with Gasteiger partial charge in [-0.3, -0.25) is 0 Å². The zero-order valence-electron chi connectivity index (χ0n) is 5.41. The van der Waals surface area contributed by atoms with Gasteiger partial charge in [0.1, 0.15) is 11.3 Å². The molecule has 2 N–H and O–H groups in total. The molecule has 1 aromatic carbocycles. The molecule has 3 nitrogen and oxygen atoms in total. The van der Waals surface area contributed by atoms with E-state index in [9.17, 15) is 4.79 Å². The van der Waals surface area contributed by atoms with Crippen molar-refractivity contribution in [2.75, 3.05) is 0 Å². The summed E-state index contributed by atoms with van der Waals surface area (Å²) in [7, 11) is 0. The van der Waals surface area contributed by atoms with E-state index in [-0.39, 0.29) is 39.4 Å². The maximum Gasteiger partial charge on any atom is 0.339 e. The third-order valence-electron chi connectivity index (χ3n) is 1.22. The van der Waals surface area contributed by atoms with Crippen molar-refractivity contribution in [1.29, 1.82) is 0 Å². The summed E-state index contributed by atoms with van der Waals surface area (Å²) in [5.41, 5.74) is -0.183. The molecule has 1 aromatic rings. The molecule has 0 aliphatic heterocycles. The Labute approximate surface area is 90.1 Å². The second kappa shape index (κ2) is 4.54. The highest BCUT2D eigenvalue weighted by atomic mass is 35.5. The predicted octanol–water partition coefficient (Wildman–Crippen LogP) is 0.828. The van der Waals surface area contributed by atoms with Crippen LogP contribution in [0.25, 0.3) is 0 Å². The summed E-state index contributed by atoms with van der Waals surface area (Å²) in [6.07, 6.45) is 0. The van der Waals surface area contributed by atoms with Crippen molar-refractivity contribution in [1.82, 2.24) is 0 Å². The van der Waals surface area contributed by atoms with E-state index in [1.165, 1.54) is 18.2 Å². The molecule has 0 fully saturated rings. The molecule has 12 heavy (non-hydrogen) atoms. The minimum Gasteiger partial charge on any atom is -0.505 e. The van der Waals surface area contributed by atoms with Crippen LogP contribution in [0.3, 0.4) is 0 Å². The summed E-state index contributed by atoms with van der Waals surface area (Å²) in [5.74, 6) is -1.58. The lowest BCUT2D eigenvalue weighted by Crippen LogP contribution is -1.95. The topological polar surface area (TPSA) is 57.5 Å². The molecule has 0 aliphatic rings. The lowest BCUT2D eigenvalue weighted by atomic mass is 10.2. The Balaban J connectivity index is 0.00000121. The van der Waals surface area contributed by atoms with Crippen LogP contribution in [0.15, 0.2) is 18.2 Å². The van der Waals surface area contributed by atoms with E-state index in [2.05, 4.69) is 0 Å². The van der Waals surface area contributed by atoms with Gasteiger partial charge < -0.3 is 10.2 Å². The molecule has 62 valence electrons. The minimum absolute atomic E-state index is 0. The van der Waals surface area contributed by atoms with Crippen LogP contribution in [0.4, 0.5) is 0 Å². The zero-order valence-corrected chi connectivity index (χ0v) is 6.17. The van der Waals surface area contributed by atoms with Crippen LogP contribution in [0, 0.1) is 0 Å². The summed E-state index contributed by atoms with van der Waals surface area (Å²) in [6.45, 7) is 0. The fourth-order valence-electron chi connectivity index (χ4n) is 0.688. The lowest BCUT2D eigenvalue weighted by molar-refractivity contribution is 0.0694. The van der Waals surface area contributed by atoms with Gasteiger partial charge in [-0.25, -0.2) is 4.79 Å². The second-order valence-corrected chi connectivity index (χ2v) is 2.35. The van der Waals surface area contributed by atoms with Gasteiger partial charge in [0.05, 0.1) is 5.02 Å². The Bertz CT molecular complexity index is 301. The van der Waals surface area contributed by atoms with Crippen molar-refractivity contribution >= 4 is 40.6 Å². The molecular formula is C7H7ClMgO3. The lowest BCUT2D eigenvalue weighted by Gasteiger charge is -1.99. The van der Waals surface area contributed by atoms with Gasteiger partial charge in [-0.2, -0.15) is 0 Å². The number of aromatic hydroxyl groups is 1. The normalized spacial score (nSPS) is 8.75. The van der Waals surface area contributed by atoms with Gasteiger partial charge in [0.25, 0.3) is 0 Å². The number of hydrogen-bond acceptors (Lipinski definition) is 2. The van der Waals surface area contributed by atoms with Gasteiger partial charge in [0.15, 0.2) is 0 Å². The second-order valence-electron chi connectivity index (χ2n) is 1.94. The Morgan fingerprint density at radius 2 is 2.00 bits per heavy atom. The molecule has 0 unspecified atom stereocenters. The van der Waals surface area contributed by atoms with Crippen molar-refractivity contribution in [2.24, 2.45) is 0 Å². The van der Waals surface area contributed by atoms with Crippen molar-refractivity contribution in [3.05, 3.63) is 28.8 Å². The van der Waals surface area contributed by atoms with E-state index in [0.29, 0.717) is 0 Å². The molecule has 0 heterocycles. The molecule has 0 aliphatic carbocycles. The Kier molecular flexibility index (Phi) is 4.37. The van der Waals surface area contributed by atoms with Crippen molar-refractivity contribution in [2.45, 2.75) is 0 Å². The SMILES string of the molecule is O=C(O)c1cccc(Cl)c1O.[MgH2]. The monoisotopic (exact) mass is 198 g/mol. The van der Waals surface area contributed by atoms with E-state index in [1.54, 1.807) is 0 Å². The van der Waals surface area contributed by atoms with Gasteiger partial charge in [-0.15, -0.1) is 0 Å².